The molecule has 0 atom stereocenters. The van der Waals surface area contributed by atoms with Crippen molar-refractivity contribution < 1.29 is 9.84 Å². The number of hydrogen-bond donors (Lipinski definition) is 0. The molecule has 0 saturated heterocycles. The molecule has 0 amide bonds. The van der Waals surface area contributed by atoms with Gasteiger partial charge in [0.2, 0.25) is 0 Å². The molecule has 2 rings (SSSR count). The van der Waals surface area contributed by atoms with Crippen molar-refractivity contribution in [2.45, 2.75) is 6.92 Å². The fraction of sp³-hybridized carbons (Fsp3) is 0.118. The van der Waals surface area contributed by atoms with Gasteiger partial charge in [-0.05, 0) is 6.61 Å². The average molecular weight is 266 g/mol. The van der Waals surface area contributed by atoms with Crippen molar-refractivity contribution in [1.82, 2.24) is 0 Å². The second-order valence-electron chi connectivity index (χ2n) is 4.09. The first kappa shape index (κ1) is 13.9. The van der Waals surface area contributed by atoms with Gasteiger partial charge in [0.1, 0.15) is 0 Å². The molecule has 2 aromatic rings. The van der Waals surface area contributed by atoms with Gasteiger partial charge in [0.05, 0.1) is 11.7 Å². The number of aliphatic imine (C=N–C) groups is 1. The summed E-state index contributed by atoms with van der Waals surface area (Å²) in [5.41, 5.74) is 2.66. The predicted molar refractivity (Wildman–Crippen MR) is 78.2 cm³/mol. The fourth-order valence-electron chi connectivity index (χ4n) is 1.80. The summed E-state index contributed by atoms with van der Waals surface area (Å²) in [6.07, 6.45) is 1.22. The maximum Gasteiger partial charge on any atom is 0.0774 e. The zero-order valence-electron chi connectivity index (χ0n) is 11.3. The van der Waals surface area contributed by atoms with Gasteiger partial charge in [0.25, 0.3) is 0 Å². The smallest absolute Gasteiger partial charge is 0.0774 e. The SMILES string of the molecule is CCOC([O-])=CN=C(c1ccccc1)c1ccccc1. The van der Waals surface area contributed by atoms with Crippen LogP contribution in [0.25, 0.3) is 0 Å². The third-order valence-corrected chi connectivity index (χ3v) is 2.68. The van der Waals surface area contributed by atoms with Crippen molar-refractivity contribution in [2.24, 2.45) is 4.99 Å². The molecule has 0 N–H and O–H groups in total. The summed E-state index contributed by atoms with van der Waals surface area (Å²) in [6.45, 7) is 2.11. The molecule has 0 aliphatic rings. The van der Waals surface area contributed by atoms with Gasteiger partial charge in [0, 0.05) is 17.3 Å². The van der Waals surface area contributed by atoms with E-state index in [1.165, 1.54) is 6.20 Å². The lowest BCUT2D eigenvalue weighted by molar-refractivity contribution is -0.356. The van der Waals surface area contributed by atoms with Crippen LogP contribution >= 0.6 is 0 Å². The van der Waals surface area contributed by atoms with E-state index in [1.807, 2.05) is 60.7 Å². The highest BCUT2D eigenvalue weighted by molar-refractivity contribution is 6.13. The standard InChI is InChI=1S/C17H17NO2/c1-2-20-16(19)13-18-17(14-9-5-3-6-10-14)15-11-7-4-8-12-15/h3-13,19H,2H2,1H3/p-1. The van der Waals surface area contributed by atoms with E-state index in [-0.39, 0.29) is 0 Å². The van der Waals surface area contributed by atoms with Crippen LogP contribution in [0.1, 0.15) is 18.1 Å². The summed E-state index contributed by atoms with van der Waals surface area (Å²) in [4.78, 5) is 4.30. The van der Waals surface area contributed by atoms with Gasteiger partial charge in [-0.2, -0.15) is 0 Å². The van der Waals surface area contributed by atoms with Crippen LogP contribution in [0.2, 0.25) is 0 Å². The van der Waals surface area contributed by atoms with Gasteiger partial charge in [-0.1, -0.05) is 67.6 Å². The molecular weight excluding hydrogens is 250 g/mol. The first-order chi connectivity index (χ1) is 9.81. The van der Waals surface area contributed by atoms with E-state index < -0.39 is 5.95 Å². The Morgan fingerprint density at radius 3 is 1.95 bits per heavy atom. The van der Waals surface area contributed by atoms with Gasteiger partial charge in [0.15, 0.2) is 0 Å². The highest BCUT2D eigenvalue weighted by Crippen LogP contribution is 2.11. The molecule has 0 saturated carbocycles. The van der Waals surface area contributed by atoms with Gasteiger partial charge in [-0.25, -0.2) is 0 Å². The lowest BCUT2D eigenvalue weighted by Crippen LogP contribution is -2.08. The van der Waals surface area contributed by atoms with Crippen LogP contribution in [0.15, 0.2) is 77.8 Å². The van der Waals surface area contributed by atoms with Crippen LogP contribution in [0.5, 0.6) is 0 Å². The predicted octanol–water partition coefficient (Wildman–Crippen LogP) is 2.72. The van der Waals surface area contributed by atoms with E-state index in [0.29, 0.717) is 6.61 Å². The van der Waals surface area contributed by atoms with E-state index in [0.717, 1.165) is 16.8 Å². The van der Waals surface area contributed by atoms with Crippen LogP contribution < -0.4 is 5.11 Å². The van der Waals surface area contributed by atoms with Crippen molar-refractivity contribution in [3.05, 3.63) is 83.9 Å². The monoisotopic (exact) mass is 266 g/mol. The third kappa shape index (κ3) is 3.72. The van der Waals surface area contributed by atoms with Crippen molar-refractivity contribution >= 4 is 5.71 Å². The lowest BCUT2D eigenvalue weighted by Gasteiger charge is -2.11. The second-order valence-corrected chi connectivity index (χ2v) is 4.09. The molecule has 0 fully saturated rings. The summed E-state index contributed by atoms with van der Waals surface area (Å²) in [5, 5.41) is 11.4. The molecule has 20 heavy (non-hydrogen) atoms. The molecule has 2 aromatic carbocycles. The summed E-state index contributed by atoms with van der Waals surface area (Å²) < 4.78 is 4.86. The van der Waals surface area contributed by atoms with Crippen LogP contribution in [-0.2, 0) is 4.74 Å². The van der Waals surface area contributed by atoms with Crippen molar-refractivity contribution in [2.75, 3.05) is 6.61 Å². The molecule has 3 nitrogen and oxygen atoms in total. The highest BCUT2D eigenvalue weighted by atomic mass is 16.6. The lowest BCUT2D eigenvalue weighted by atomic mass is 10.0. The topological polar surface area (TPSA) is 44.6 Å². The Morgan fingerprint density at radius 1 is 1.00 bits per heavy atom. The summed E-state index contributed by atoms with van der Waals surface area (Å²) in [5.74, 6) is -0.433. The molecule has 0 unspecified atom stereocenters. The molecule has 0 bridgehead atoms. The third-order valence-electron chi connectivity index (χ3n) is 2.68. The van der Waals surface area contributed by atoms with Crippen LogP contribution in [-0.4, -0.2) is 12.3 Å². The Balaban J connectivity index is 2.40. The first-order valence-corrected chi connectivity index (χ1v) is 6.50. The van der Waals surface area contributed by atoms with E-state index in [2.05, 4.69) is 4.99 Å². The fourth-order valence-corrected chi connectivity index (χ4v) is 1.80. The maximum absolute atomic E-state index is 11.4. The number of hydrogen-bond acceptors (Lipinski definition) is 3. The van der Waals surface area contributed by atoms with Crippen molar-refractivity contribution in [3.63, 3.8) is 0 Å². The minimum absolute atomic E-state index is 0.344. The molecule has 0 heterocycles. The number of rotatable bonds is 5. The van der Waals surface area contributed by atoms with Crippen LogP contribution in [0.4, 0.5) is 0 Å². The maximum atomic E-state index is 11.4. The molecule has 3 heteroatoms. The van der Waals surface area contributed by atoms with Crippen LogP contribution in [0.3, 0.4) is 0 Å². The summed E-state index contributed by atoms with van der Waals surface area (Å²) in [7, 11) is 0. The quantitative estimate of drug-likeness (QED) is 0.617. The Morgan fingerprint density at radius 2 is 1.50 bits per heavy atom. The van der Waals surface area contributed by atoms with Crippen molar-refractivity contribution in [1.29, 1.82) is 0 Å². The van der Waals surface area contributed by atoms with E-state index in [9.17, 15) is 5.11 Å². The second kappa shape index (κ2) is 7.14. The van der Waals surface area contributed by atoms with E-state index >= 15 is 0 Å². The van der Waals surface area contributed by atoms with Gasteiger partial charge in [-0.15, -0.1) is 0 Å². The first-order valence-electron chi connectivity index (χ1n) is 6.50. The number of nitrogens with zero attached hydrogens (tertiary/aromatic N) is 1. The Bertz CT molecular complexity index is 547. The minimum atomic E-state index is -0.433. The minimum Gasteiger partial charge on any atom is -0.613 e. The van der Waals surface area contributed by atoms with Crippen LogP contribution in [0, 0.1) is 0 Å². The van der Waals surface area contributed by atoms with Gasteiger partial charge >= 0.3 is 0 Å². The van der Waals surface area contributed by atoms with E-state index in [4.69, 9.17) is 4.74 Å². The average Bonchev–Trinajstić information content (AvgIpc) is 2.50. The van der Waals surface area contributed by atoms with E-state index in [1.54, 1.807) is 6.92 Å². The van der Waals surface area contributed by atoms with Crippen molar-refractivity contribution in [3.8, 4) is 0 Å². The highest BCUT2D eigenvalue weighted by Gasteiger charge is 2.04. The zero-order chi connectivity index (χ0) is 14.2. The van der Waals surface area contributed by atoms with Gasteiger partial charge < -0.3 is 9.84 Å². The molecule has 0 aliphatic carbocycles. The zero-order valence-corrected chi connectivity index (χ0v) is 11.3. The Hall–Kier alpha value is -2.55. The molecule has 102 valence electrons. The Labute approximate surface area is 118 Å². The Kier molecular flexibility index (Phi) is 4.95. The largest absolute Gasteiger partial charge is 0.613 e. The van der Waals surface area contributed by atoms with Gasteiger partial charge in [-0.3, -0.25) is 4.99 Å². The molecule has 0 aliphatic heterocycles. The normalized spacial score (nSPS) is 10.9. The summed E-state index contributed by atoms with van der Waals surface area (Å²) in [6, 6.07) is 19.5. The summed E-state index contributed by atoms with van der Waals surface area (Å²) >= 11 is 0. The molecule has 0 radical (unpaired) electrons. The number of benzene rings is 2. The molecular formula is C17H16NO2-. The number of ether oxygens (including phenoxy) is 1. The molecule has 0 aromatic heterocycles. The molecule has 0 spiro atoms.